The molecular weight excluding hydrogens is 304 g/mol. The Morgan fingerprint density at radius 2 is 1.40 bits per heavy atom. The Morgan fingerprint density at radius 3 is 1.65 bits per heavy atom. The molecule has 10 heteroatoms. The summed E-state index contributed by atoms with van der Waals surface area (Å²) in [6.07, 6.45) is -9.61. The molecule has 0 aromatic carbocycles. The predicted octanol–water partition coefficient (Wildman–Crippen LogP) is 3.07. The van der Waals surface area contributed by atoms with E-state index in [9.17, 15) is 22.5 Å². The molecule has 0 spiro atoms. The molecular formula is C10H18F3O6P. The highest BCUT2D eigenvalue weighted by atomic mass is 31.2. The number of rotatable bonds is 7. The maximum Gasteiger partial charge on any atom is 0.476 e. The highest BCUT2D eigenvalue weighted by Gasteiger charge is 2.52. The maximum absolute atomic E-state index is 12.7. The molecule has 0 aliphatic rings. The Balaban J connectivity index is 5.28. The van der Waals surface area contributed by atoms with E-state index in [4.69, 9.17) is 9.05 Å². The number of ether oxygens (including phenoxy) is 1. The third-order valence-electron chi connectivity index (χ3n) is 1.63. The molecule has 0 N–H and O–H groups in total. The van der Waals surface area contributed by atoms with Crippen LogP contribution in [0, 0.1) is 0 Å². The zero-order valence-electron chi connectivity index (χ0n) is 11.8. The molecule has 0 amide bonds. The lowest BCUT2D eigenvalue weighted by atomic mass is 10.3. The van der Waals surface area contributed by atoms with Crippen LogP contribution in [-0.4, -0.2) is 37.6 Å². The molecule has 120 valence electrons. The van der Waals surface area contributed by atoms with Crippen molar-refractivity contribution in [1.82, 2.24) is 0 Å². The Hall–Kier alpha value is -0.630. The van der Waals surface area contributed by atoms with Crippen LogP contribution in [0.4, 0.5) is 13.2 Å². The average molecular weight is 322 g/mol. The van der Waals surface area contributed by atoms with E-state index in [2.05, 4.69) is 9.26 Å². The number of alkyl halides is 3. The summed E-state index contributed by atoms with van der Waals surface area (Å²) in [5.74, 6) is -1.74. The summed E-state index contributed by atoms with van der Waals surface area (Å²) in [5, 5.41) is 0. The van der Waals surface area contributed by atoms with Gasteiger partial charge in [-0.3, -0.25) is 13.6 Å². The number of carbonyl (C=O) groups excluding carboxylic acids is 1. The van der Waals surface area contributed by atoms with Crippen LogP contribution >= 0.6 is 7.82 Å². The number of hydrogen-bond donors (Lipinski definition) is 0. The average Bonchev–Trinajstić information content (AvgIpc) is 2.21. The molecule has 0 fully saturated rings. The van der Waals surface area contributed by atoms with Gasteiger partial charge >= 0.3 is 20.0 Å². The number of phosphoric acid groups is 1. The van der Waals surface area contributed by atoms with Gasteiger partial charge in [-0.2, -0.15) is 13.2 Å². The Bertz CT molecular complexity index is 354. The van der Waals surface area contributed by atoms with E-state index >= 15 is 0 Å². The molecule has 1 atom stereocenters. The van der Waals surface area contributed by atoms with Gasteiger partial charge in [-0.25, -0.2) is 9.36 Å². The zero-order valence-corrected chi connectivity index (χ0v) is 12.7. The summed E-state index contributed by atoms with van der Waals surface area (Å²) in [6.45, 7) is 5.72. The van der Waals surface area contributed by atoms with E-state index < -0.39 is 38.3 Å². The molecule has 0 radical (unpaired) electrons. The minimum Gasteiger partial charge on any atom is -0.467 e. The Morgan fingerprint density at radius 1 is 1.00 bits per heavy atom. The van der Waals surface area contributed by atoms with Crippen LogP contribution in [0.5, 0.6) is 0 Å². The van der Waals surface area contributed by atoms with Crippen molar-refractivity contribution in [3.05, 3.63) is 0 Å². The quantitative estimate of drug-likeness (QED) is 0.530. The minimum absolute atomic E-state index is 0.730. The van der Waals surface area contributed by atoms with Gasteiger partial charge in [0.15, 0.2) is 0 Å². The fourth-order valence-electron chi connectivity index (χ4n) is 1.06. The molecule has 0 heterocycles. The first kappa shape index (κ1) is 19.4. The molecule has 0 bridgehead atoms. The lowest BCUT2D eigenvalue weighted by Crippen LogP contribution is -2.39. The minimum atomic E-state index is -5.11. The fourth-order valence-corrected chi connectivity index (χ4v) is 2.71. The molecule has 0 aliphatic heterocycles. The smallest absolute Gasteiger partial charge is 0.467 e. The monoisotopic (exact) mass is 322 g/mol. The summed E-state index contributed by atoms with van der Waals surface area (Å²) >= 11 is 0. The number of halogens is 3. The summed E-state index contributed by atoms with van der Waals surface area (Å²) in [5.41, 5.74) is 0. The van der Waals surface area contributed by atoms with Gasteiger partial charge in [0.05, 0.1) is 19.3 Å². The van der Waals surface area contributed by atoms with Crippen LogP contribution in [0.2, 0.25) is 0 Å². The number of esters is 1. The van der Waals surface area contributed by atoms with Gasteiger partial charge in [0.25, 0.3) is 6.10 Å². The molecule has 0 unspecified atom stereocenters. The summed E-state index contributed by atoms with van der Waals surface area (Å²) in [6, 6.07) is 0. The first-order valence-corrected chi connectivity index (χ1v) is 7.17. The predicted molar refractivity (Wildman–Crippen MR) is 63.0 cm³/mol. The van der Waals surface area contributed by atoms with Crippen molar-refractivity contribution in [3.8, 4) is 0 Å². The van der Waals surface area contributed by atoms with E-state index in [1.165, 1.54) is 27.7 Å². The van der Waals surface area contributed by atoms with E-state index in [1.807, 2.05) is 0 Å². The van der Waals surface area contributed by atoms with Crippen LogP contribution in [0.25, 0.3) is 0 Å². The summed E-state index contributed by atoms with van der Waals surface area (Å²) < 4.78 is 68.1. The van der Waals surface area contributed by atoms with Gasteiger partial charge in [-0.05, 0) is 27.7 Å². The van der Waals surface area contributed by atoms with Crippen LogP contribution in [0.15, 0.2) is 0 Å². The fraction of sp³-hybridized carbons (Fsp3) is 0.900. The maximum atomic E-state index is 12.7. The number of phosphoric ester groups is 1. The Labute approximate surface area is 115 Å². The second-order valence-electron chi connectivity index (χ2n) is 4.31. The van der Waals surface area contributed by atoms with E-state index in [0.717, 1.165) is 7.11 Å². The highest BCUT2D eigenvalue weighted by molar-refractivity contribution is 7.48. The first-order chi connectivity index (χ1) is 8.91. The van der Waals surface area contributed by atoms with Crippen molar-refractivity contribution >= 4 is 13.8 Å². The molecule has 0 aromatic rings. The molecule has 0 aliphatic carbocycles. The lowest BCUT2D eigenvalue weighted by Gasteiger charge is -2.26. The number of hydrogen-bond acceptors (Lipinski definition) is 6. The first-order valence-electron chi connectivity index (χ1n) is 5.71. The van der Waals surface area contributed by atoms with Crippen molar-refractivity contribution in [1.29, 1.82) is 0 Å². The third kappa shape index (κ3) is 6.69. The molecule has 20 heavy (non-hydrogen) atoms. The van der Waals surface area contributed by atoms with Crippen molar-refractivity contribution < 1.29 is 40.8 Å². The molecule has 0 aromatic heterocycles. The normalized spacial score (nSPS) is 14.7. The summed E-state index contributed by atoms with van der Waals surface area (Å²) in [4.78, 5) is 11.1. The summed E-state index contributed by atoms with van der Waals surface area (Å²) in [7, 11) is -3.82. The van der Waals surface area contributed by atoms with E-state index in [1.54, 1.807) is 0 Å². The van der Waals surface area contributed by atoms with Crippen molar-refractivity contribution in [2.75, 3.05) is 7.11 Å². The van der Waals surface area contributed by atoms with Crippen LogP contribution in [0.3, 0.4) is 0 Å². The number of methoxy groups -OCH3 is 1. The molecule has 0 rings (SSSR count). The second kappa shape index (κ2) is 7.40. The highest BCUT2D eigenvalue weighted by Crippen LogP contribution is 2.54. The van der Waals surface area contributed by atoms with Gasteiger partial charge in [-0.15, -0.1) is 0 Å². The van der Waals surface area contributed by atoms with Gasteiger partial charge in [0.1, 0.15) is 0 Å². The topological polar surface area (TPSA) is 71.1 Å². The van der Waals surface area contributed by atoms with Gasteiger partial charge in [0, 0.05) is 0 Å². The SMILES string of the molecule is COC(=O)[C@H](OP(=O)(OC(C)C)OC(C)C)C(F)(F)F. The van der Waals surface area contributed by atoms with Crippen molar-refractivity contribution in [2.24, 2.45) is 0 Å². The van der Waals surface area contributed by atoms with Gasteiger partial charge < -0.3 is 4.74 Å². The Kier molecular flexibility index (Phi) is 7.17. The largest absolute Gasteiger partial charge is 0.476 e. The van der Waals surface area contributed by atoms with Crippen molar-refractivity contribution in [3.63, 3.8) is 0 Å². The molecule has 6 nitrogen and oxygen atoms in total. The van der Waals surface area contributed by atoms with E-state index in [0.29, 0.717) is 0 Å². The third-order valence-corrected chi connectivity index (χ3v) is 3.46. The van der Waals surface area contributed by atoms with Gasteiger partial charge in [-0.1, -0.05) is 0 Å². The number of carbonyl (C=O) groups is 1. The second-order valence-corrected chi connectivity index (χ2v) is 5.83. The van der Waals surface area contributed by atoms with Crippen LogP contribution < -0.4 is 0 Å². The standard InChI is InChI=1S/C10H18F3O6P/c1-6(2)17-20(15,18-7(3)4)19-8(9(14)16-5)10(11,12)13/h6-8H,1-5H3/t8-/m0/s1. The lowest BCUT2D eigenvalue weighted by molar-refractivity contribution is -0.214. The van der Waals surface area contributed by atoms with Crippen LogP contribution in [-0.2, 0) is 27.7 Å². The van der Waals surface area contributed by atoms with Gasteiger partial charge in [0.2, 0.25) is 0 Å². The molecule has 0 saturated heterocycles. The van der Waals surface area contributed by atoms with Crippen molar-refractivity contribution in [2.45, 2.75) is 52.2 Å². The zero-order chi connectivity index (χ0) is 16.1. The molecule has 0 saturated carbocycles. The van der Waals surface area contributed by atoms with Crippen LogP contribution in [0.1, 0.15) is 27.7 Å². The van der Waals surface area contributed by atoms with E-state index in [-0.39, 0.29) is 0 Å².